The summed E-state index contributed by atoms with van der Waals surface area (Å²) in [6.45, 7) is 4.08. The molecule has 0 bridgehead atoms. The highest BCUT2D eigenvalue weighted by Gasteiger charge is 2.20. The Labute approximate surface area is 116 Å². The van der Waals surface area contributed by atoms with Gasteiger partial charge in [0.15, 0.2) is 0 Å². The summed E-state index contributed by atoms with van der Waals surface area (Å²) in [5.74, 6) is 0.858. The molecule has 0 radical (unpaired) electrons. The molecule has 106 valence electrons. The Balaban J connectivity index is 1.70. The highest BCUT2D eigenvalue weighted by molar-refractivity contribution is 5.43. The largest absolute Gasteiger partial charge is 0.492 e. The van der Waals surface area contributed by atoms with Gasteiger partial charge in [-0.15, -0.1) is 0 Å². The zero-order chi connectivity index (χ0) is 13.7. The summed E-state index contributed by atoms with van der Waals surface area (Å²) in [6.07, 6.45) is 2.51. The van der Waals surface area contributed by atoms with Gasteiger partial charge in [-0.05, 0) is 52.2 Å². The van der Waals surface area contributed by atoms with Crippen LogP contribution in [0.4, 0.5) is 5.69 Å². The second-order valence-corrected chi connectivity index (χ2v) is 5.44. The monoisotopic (exact) mass is 263 g/mol. The lowest BCUT2D eigenvalue weighted by Crippen LogP contribution is -2.43. The predicted octanol–water partition coefficient (Wildman–Crippen LogP) is 1.67. The molecule has 1 saturated heterocycles. The minimum atomic E-state index is 0.695. The number of nitrogens with zero attached hydrogens (tertiary/aromatic N) is 2. The number of likely N-dealkylation sites (N-methyl/N-ethyl adjacent to an activating group) is 1. The quantitative estimate of drug-likeness (QED) is 0.821. The zero-order valence-corrected chi connectivity index (χ0v) is 12.0. The molecule has 19 heavy (non-hydrogen) atoms. The molecule has 4 heteroatoms. The molecule has 1 fully saturated rings. The first-order valence-electron chi connectivity index (χ1n) is 7.02. The van der Waals surface area contributed by atoms with Crippen LogP contribution in [0.3, 0.4) is 0 Å². The van der Waals surface area contributed by atoms with Crippen molar-refractivity contribution in [2.45, 2.75) is 18.9 Å². The van der Waals surface area contributed by atoms with Gasteiger partial charge in [0.1, 0.15) is 12.4 Å². The van der Waals surface area contributed by atoms with E-state index in [1.807, 2.05) is 24.3 Å². The van der Waals surface area contributed by atoms with Crippen molar-refractivity contribution in [3.8, 4) is 5.75 Å². The van der Waals surface area contributed by atoms with Crippen LogP contribution in [0.15, 0.2) is 24.3 Å². The van der Waals surface area contributed by atoms with Gasteiger partial charge in [0.05, 0.1) is 0 Å². The lowest BCUT2D eigenvalue weighted by molar-refractivity contribution is 0.127. The van der Waals surface area contributed by atoms with Gasteiger partial charge in [0, 0.05) is 24.3 Å². The summed E-state index contributed by atoms with van der Waals surface area (Å²) >= 11 is 0. The second-order valence-electron chi connectivity index (χ2n) is 5.44. The lowest BCUT2D eigenvalue weighted by Gasteiger charge is -2.35. The number of piperidine rings is 1. The second kappa shape index (κ2) is 6.78. The average molecular weight is 263 g/mol. The molecule has 1 aromatic carbocycles. The molecule has 0 atom stereocenters. The maximum atomic E-state index is 5.74. The summed E-state index contributed by atoms with van der Waals surface area (Å²) in [5.41, 5.74) is 6.48. The van der Waals surface area contributed by atoms with E-state index in [1.54, 1.807) is 0 Å². The molecule has 2 N–H and O–H groups in total. The molecule has 0 aliphatic carbocycles. The highest BCUT2D eigenvalue weighted by atomic mass is 16.5. The Bertz CT molecular complexity index is 389. The van der Waals surface area contributed by atoms with E-state index >= 15 is 0 Å². The van der Waals surface area contributed by atoms with Crippen molar-refractivity contribution in [1.29, 1.82) is 0 Å². The maximum absolute atomic E-state index is 5.74. The normalized spacial score (nSPS) is 17.8. The summed E-state index contributed by atoms with van der Waals surface area (Å²) in [6, 6.07) is 8.31. The van der Waals surface area contributed by atoms with Gasteiger partial charge in [-0.25, -0.2) is 0 Å². The van der Waals surface area contributed by atoms with Crippen molar-refractivity contribution in [2.75, 3.05) is 46.1 Å². The third kappa shape index (κ3) is 4.40. The number of likely N-dealkylation sites (tertiary alicyclic amines) is 1. The molecule has 1 heterocycles. The third-order valence-electron chi connectivity index (χ3n) is 3.88. The molecule has 4 nitrogen and oxygen atoms in total. The van der Waals surface area contributed by atoms with Crippen molar-refractivity contribution >= 4 is 5.69 Å². The van der Waals surface area contributed by atoms with E-state index in [0.29, 0.717) is 12.6 Å². The van der Waals surface area contributed by atoms with Crippen molar-refractivity contribution in [3.05, 3.63) is 24.3 Å². The van der Waals surface area contributed by atoms with E-state index in [0.717, 1.165) is 18.0 Å². The van der Waals surface area contributed by atoms with Crippen LogP contribution in [0.1, 0.15) is 12.8 Å². The summed E-state index contributed by atoms with van der Waals surface area (Å²) in [7, 11) is 4.39. The number of nitrogens with two attached hydrogens (primary N) is 1. The van der Waals surface area contributed by atoms with Crippen molar-refractivity contribution in [2.24, 2.45) is 0 Å². The van der Waals surface area contributed by atoms with Crippen LogP contribution in [0.2, 0.25) is 0 Å². The van der Waals surface area contributed by atoms with Gasteiger partial charge in [0.2, 0.25) is 0 Å². The third-order valence-corrected chi connectivity index (χ3v) is 3.88. The topological polar surface area (TPSA) is 41.7 Å². The molecule has 1 aliphatic rings. The van der Waals surface area contributed by atoms with Crippen LogP contribution >= 0.6 is 0 Å². The predicted molar refractivity (Wildman–Crippen MR) is 79.5 cm³/mol. The van der Waals surface area contributed by atoms with E-state index in [-0.39, 0.29) is 0 Å². The van der Waals surface area contributed by atoms with Crippen LogP contribution < -0.4 is 10.5 Å². The summed E-state index contributed by atoms with van der Waals surface area (Å²) in [4.78, 5) is 4.81. The van der Waals surface area contributed by atoms with Crippen LogP contribution in [-0.4, -0.2) is 56.2 Å². The first-order chi connectivity index (χ1) is 9.15. The van der Waals surface area contributed by atoms with Gasteiger partial charge < -0.3 is 15.4 Å². The van der Waals surface area contributed by atoms with Crippen LogP contribution in [0.25, 0.3) is 0 Å². The maximum Gasteiger partial charge on any atom is 0.121 e. The van der Waals surface area contributed by atoms with Gasteiger partial charge >= 0.3 is 0 Å². The van der Waals surface area contributed by atoms with Crippen LogP contribution in [0, 0.1) is 0 Å². The number of nitrogen functional groups attached to an aromatic ring is 1. The van der Waals surface area contributed by atoms with Gasteiger partial charge in [-0.1, -0.05) is 6.07 Å². The van der Waals surface area contributed by atoms with Crippen LogP contribution in [-0.2, 0) is 0 Å². The van der Waals surface area contributed by atoms with E-state index in [4.69, 9.17) is 10.5 Å². The van der Waals surface area contributed by atoms with Crippen molar-refractivity contribution in [1.82, 2.24) is 9.80 Å². The Morgan fingerprint density at radius 2 is 2.11 bits per heavy atom. The molecule has 1 aliphatic heterocycles. The Kier molecular flexibility index (Phi) is 5.05. The van der Waals surface area contributed by atoms with E-state index in [2.05, 4.69) is 23.9 Å². The number of hydrogen-bond acceptors (Lipinski definition) is 4. The molecule has 0 amide bonds. The van der Waals surface area contributed by atoms with Gasteiger partial charge in [0.25, 0.3) is 0 Å². The molecule has 0 unspecified atom stereocenters. The summed E-state index contributed by atoms with van der Waals surface area (Å²) in [5, 5.41) is 0. The zero-order valence-electron chi connectivity index (χ0n) is 12.0. The van der Waals surface area contributed by atoms with Gasteiger partial charge in [-0.2, -0.15) is 0 Å². The fourth-order valence-electron chi connectivity index (χ4n) is 2.53. The van der Waals surface area contributed by atoms with Crippen molar-refractivity contribution < 1.29 is 4.74 Å². The number of rotatable bonds is 5. The Morgan fingerprint density at radius 3 is 2.79 bits per heavy atom. The standard InChI is InChI=1S/C15H25N3O/c1-17-8-6-14(7-9-17)18(2)10-11-19-15-5-3-4-13(16)12-15/h3-5,12,14H,6-11,16H2,1-2H3. The molecular formula is C15H25N3O. The first-order valence-corrected chi connectivity index (χ1v) is 7.02. The minimum Gasteiger partial charge on any atom is -0.492 e. The fraction of sp³-hybridized carbons (Fsp3) is 0.600. The molecule has 0 spiro atoms. The minimum absolute atomic E-state index is 0.695. The summed E-state index contributed by atoms with van der Waals surface area (Å²) < 4.78 is 5.74. The molecule has 2 rings (SSSR count). The number of anilines is 1. The number of benzene rings is 1. The fourth-order valence-corrected chi connectivity index (χ4v) is 2.53. The highest BCUT2D eigenvalue weighted by Crippen LogP contribution is 2.16. The van der Waals surface area contributed by atoms with E-state index < -0.39 is 0 Å². The lowest BCUT2D eigenvalue weighted by atomic mass is 10.0. The van der Waals surface area contributed by atoms with Crippen LogP contribution in [0.5, 0.6) is 5.75 Å². The molecular weight excluding hydrogens is 238 g/mol. The Morgan fingerprint density at radius 1 is 1.37 bits per heavy atom. The van der Waals surface area contributed by atoms with Gasteiger partial charge in [-0.3, -0.25) is 4.90 Å². The Hall–Kier alpha value is -1.26. The number of hydrogen-bond donors (Lipinski definition) is 1. The van der Waals surface area contributed by atoms with E-state index in [9.17, 15) is 0 Å². The average Bonchev–Trinajstić information content (AvgIpc) is 2.39. The SMILES string of the molecule is CN1CCC(N(C)CCOc2cccc(N)c2)CC1. The molecule has 1 aromatic rings. The van der Waals surface area contributed by atoms with Crippen molar-refractivity contribution in [3.63, 3.8) is 0 Å². The number of ether oxygens (including phenoxy) is 1. The van der Waals surface area contributed by atoms with E-state index in [1.165, 1.54) is 25.9 Å². The first kappa shape index (κ1) is 14.2. The molecule has 0 aromatic heterocycles. The smallest absolute Gasteiger partial charge is 0.121 e. The molecule has 0 saturated carbocycles.